The van der Waals surface area contributed by atoms with Crippen LogP contribution in [0.5, 0.6) is 0 Å². The number of likely N-dealkylation sites (tertiary alicyclic amines) is 2. The first-order chi connectivity index (χ1) is 13.2. The van der Waals surface area contributed by atoms with Crippen molar-refractivity contribution in [2.75, 3.05) is 45.9 Å². The zero-order valence-corrected chi connectivity index (χ0v) is 17.4. The fourth-order valence-electron chi connectivity index (χ4n) is 5.17. The molecule has 1 aliphatic carbocycles. The van der Waals surface area contributed by atoms with Crippen LogP contribution in [-0.4, -0.2) is 55.7 Å². The second-order valence-electron chi connectivity index (χ2n) is 9.41. The molecule has 2 heterocycles. The third kappa shape index (κ3) is 5.13. The van der Waals surface area contributed by atoms with Gasteiger partial charge in [-0.25, -0.2) is 0 Å². The fraction of sp³-hybridized carbons (Fsp3) is 0.750. The number of ether oxygens (including phenoxy) is 1. The summed E-state index contributed by atoms with van der Waals surface area (Å²) in [6.45, 7) is 14.0. The Bertz CT molecular complexity index is 567. The molecule has 150 valence electrons. The van der Waals surface area contributed by atoms with Crippen molar-refractivity contribution in [1.29, 1.82) is 0 Å². The molecule has 0 N–H and O–H groups in total. The highest BCUT2D eigenvalue weighted by atomic mass is 16.5. The van der Waals surface area contributed by atoms with Crippen molar-refractivity contribution in [2.45, 2.75) is 52.0 Å². The van der Waals surface area contributed by atoms with Crippen LogP contribution < -0.4 is 0 Å². The van der Waals surface area contributed by atoms with E-state index < -0.39 is 0 Å². The van der Waals surface area contributed by atoms with Gasteiger partial charge in [0.05, 0.1) is 6.61 Å². The van der Waals surface area contributed by atoms with Crippen molar-refractivity contribution in [3.8, 4) is 0 Å². The van der Waals surface area contributed by atoms with Gasteiger partial charge in [0, 0.05) is 32.8 Å². The van der Waals surface area contributed by atoms with Crippen molar-refractivity contribution in [3.63, 3.8) is 0 Å². The van der Waals surface area contributed by atoms with Gasteiger partial charge in [-0.15, -0.1) is 0 Å². The molecule has 27 heavy (non-hydrogen) atoms. The minimum Gasteiger partial charge on any atom is -0.381 e. The van der Waals surface area contributed by atoms with Crippen LogP contribution >= 0.6 is 0 Å². The van der Waals surface area contributed by atoms with Gasteiger partial charge in [0.25, 0.3) is 0 Å². The second-order valence-corrected chi connectivity index (χ2v) is 9.41. The minimum atomic E-state index is 0.624. The van der Waals surface area contributed by atoms with Crippen LogP contribution in [-0.2, 0) is 11.3 Å². The Balaban J connectivity index is 1.08. The van der Waals surface area contributed by atoms with Gasteiger partial charge in [0.15, 0.2) is 0 Å². The Kier molecular flexibility index (Phi) is 6.52. The van der Waals surface area contributed by atoms with Gasteiger partial charge >= 0.3 is 0 Å². The minimum absolute atomic E-state index is 0.624. The number of fused-ring (bicyclic) bond motifs is 1. The van der Waals surface area contributed by atoms with Gasteiger partial charge in [-0.2, -0.15) is 0 Å². The predicted octanol–water partition coefficient (Wildman–Crippen LogP) is 4.38. The van der Waals surface area contributed by atoms with E-state index in [0.717, 1.165) is 37.5 Å². The van der Waals surface area contributed by atoms with Crippen LogP contribution in [0.3, 0.4) is 0 Å². The van der Waals surface area contributed by atoms with E-state index >= 15 is 0 Å². The summed E-state index contributed by atoms with van der Waals surface area (Å²) >= 11 is 0. The second kappa shape index (κ2) is 9.07. The number of hydrogen-bond donors (Lipinski definition) is 0. The molecule has 2 saturated heterocycles. The lowest BCUT2D eigenvalue weighted by Gasteiger charge is -2.26. The van der Waals surface area contributed by atoms with E-state index in [2.05, 4.69) is 47.9 Å². The molecule has 0 aromatic heterocycles. The molecule has 3 aliphatic rings. The largest absolute Gasteiger partial charge is 0.381 e. The van der Waals surface area contributed by atoms with Crippen LogP contribution in [0.15, 0.2) is 24.3 Å². The van der Waals surface area contributed by atoms with Gasteiger partial charge < -0.3 is 9.64 Å². The quantitative estimate of drug-likeness (QED) is 0.600. The van der Waals surface area contributed by atoms with E-state index in [0.29, 0.717) is 5.92 Å². The predicted molar refractivity (Wildman–Crippen MR) is 112 cm³/mol. The summed E-state index contributed by atoms with van der Waals surface area (Å²) in [6.07, 6.45) is 5.42. The molecule has 3 nitrogen and oxygen atoms in total. The van der Waals surface area contributed by atoms with Crippen LogP contribution in [0.4, 0.5) is 0 Å². The monoisotopic (exact) mass is 370 g/mol. The summed E-state index contributed by atoms with van der Waals surface area (Å²) in [5, 5.41) is 0. The first kappa shape index (κ1) is 19.4. The highest BCUT2D eigenvalue weighted by Gasteiger charge is 2.55. The molecule has 0 unspecified atom stereocenters. The van der Waals surface area contributed by atoms with Crippen molar-refractivity contribution in [2.24, 2.45) is 17.8 Å². The zero-order valence-electron chi connectivity index (χ0n) is 17.4. The average Bonchev–Trinajstić information content (AvgIpc) is 3.13. The molecular weight excluding hydrogens is 332 g/mol. The molecule has 0 radical (unpaired) electrons. The lowest BCUT2D eigenvalue weighted by Crippen LogP contribution is -2.31. The van der Waals surface area contributed by atoms with Crippen molar-refractivity contribution in [3.05, 3.63) is 35.4 Å². The van der Waals surface area contributed by atoms with Gasteiger partial charge in [0.2, 0.25) is 0 Å². The van der Waals surface area contributed by atoms with E-state index in [1.165, 1.54) is 69.5 Å². The standard InChI is InChI=1S/C24H38N2O/c1-19(2)21-9-7-20(8-10-21)15-26-16-22-23(17-26)24(22)18-27-14-6-13-25-11-4-3-5-12-25/h7-10,19,22-24H,3-6,11-18H2,1-2H3/t22-,23+,24-. The van der Waals surface area contributed by atoms with E-state index in [9.17, 15) is 0 Å². The lowest BCUT2D eigenvalue weighted by molar-refractivity contribution is 0.0967. The van der Waals surface area contributed by atoms with Crippen LogP contribution in [0.25, 0.3) is 0 Å². The molecule has 3 atom stereocenters. The number of rotatable bonds is 9. The van der Waals surface area contributed by atoms with E-state index in [-0.39, 0.29) is 0 Å². The third-order valence-corrected chi connectivity index (χ3v) is 7.02. The Morgan fingerprint density at radius 3 is 2.33 bits per heavy atom. The third-order valence-electron chi connectivity index (χ3n) is 7.02. The summed E-state index contributed by atoms with van der Waals surface area (Å²) in [7, 11) is 0. The summed E-state index contributed by atoms with van der Waals surface area (Å²) in [5.41, 5.74) is 2.91. The van der Waals surface area contributed by atoms with E-state index in [4.69, 9.17) is 4.74 Å². The Labute approximate surface area is 166 Å². The molecule has 1 aromatic carbocycles. The number of hydrogen-bond acceptors (Lipinski definition) is 3. The molecule has 0 bridgehead atoms. The molecule has 4 rings (SSSR count). The zero-order chi connectivity index (χ0) is 18.6. The Morgan fingerprint density at radius 1 is 0.963 bits per heavy atom. The smallest absolute Gasteiger partial charge is 0.0500 e. The maximum Gasteiger partial charge on any atom is 0.0500 e. The maximum absolute atomic E-state index is 6.03. The summed E-state index contributed by atoms with van der Waals surface area (Å²) in [4.78, 5) is 5.26. The topological polar surface area (TPSA) is 15.7 Å². The van der Waals surface area contributed by atoms with Crippen molar-refractivity contribution < 1.29 is 4.74 Å². The van der Waals surface area contributed by atoms with Crippen molar-refractivity contribution >= 4 is 0 Å². The number of nitrogens with zero attached hydrogens (tertiary/aromatic N) is 2. The molecule has 0 spiro atoms. The molecule has 3 heteroatoms. The molecule has 0 amide bonds. The molecular formula is C24H38N2O. The van der Waals surface area contributed by atoms with Crippen LogP contribution in [0, 0.1) is 17.8 Å². The molecule has 2 aliphatic heterocycles. The van der Waals surface area contributed by atoms with Crippen molar-refractivity contribution in [1.82, 2.24) is 9.80 Å². The van der Waals surface area contributed by atoms with Gasteiger partial charge in [-0.1, -0.05) is 44.5 Å². The maximum atomic E-state index is 6.03. The Morgan fingerprint density at radius 2 is 1.67 bits per heavy atom. The number of piperidine rings is 2. The lowest BCUT2D eigenvalue weighted by atomic mass is 10.0. The van der Waals surface area contributed by atoms with E-state index in [1.807, 2.05) is 0 Å². The average molecular weight is 371 g/mol. The fourth-order valence-corrected chi connectivity index (χ4v) is 5.17. The SMILES string of the molecule is CC(C)c1ccc(CN2C[C@@H]3[C@H](COCCCN4CCCCC4)[C@@H]3C2)cc1. The summed E-state index contributed by atoms with van der Waals surface area (Å²) in [5.74, 6) is 3.28. The molecule has 3 fully saturated rings. The highest BCUT2D eigenvalue weighted by molar-refractivity contribution is 5.25. The molecule has 1 saturated carbocycles. The normalized spacial score (nSPS) is 28.6. The highest BCUT2D eigenvalue weighted by Crippen LogP contribution is 2.52. The first-order valence-electron chi connectivity index (χ1n) is 11.3. The number of benzene rings is 1. The first-order valence-corrected chi connectivity index (χ1v) is 11.3. The van der Waals surface area contributed by atoms with Crippen LogP contribution in [0.2, 0.25) is 0 Å². The van der Waals surface area contributed by atoms with Gasteiger partial charge in [-0.3, -0.25) is 4.90 Å². The van der Waals surface area contributed by atoms with Gasteiger partial charge in [-0.05, 0) is 67.2 Å². The Hall–Kier alpha value is -0.900. The molecule has 1 aromatic rings. The van der Waals surface area contributed by atoms with Gasteiger partial charge in [0.1, 0.15) is 0 Å². The van der Waals surface area contributed by atoms with E-state index in [1.54, 1.807) is 0 Å². The summed E-state index contributed by atoms with van der Waals surface area (Å²) < 4.78 is 6.03. The van der Waals surface area contributed by atoms with Crippen LogP contribution in [0.1, 0.15) is 56.6 Å². The summed E-state index contributed by atoms with van der Waals surface area (Å²) in [6, 6.07) is 9.25.